The Morgan fingerprint density at radius 2 is 1.78 bits per heavy atom. The standard InChI is InChI=1S/C15H15FO2/c1-10-4-3-5-14(15(10)16)18-13-8-6-12(7-9-13)11(2)17/h3-9,11,17H,1-2H3. The number of hydrogen-bond acceptors (Lipinski definition) is 2. The summed E-state index contributed by atoms with van der Waals surface area (Å²) in [6.07, 6.45) is -0.519. The number of ether oxygens (including phenoxy) is 1. The molecule has 2 aromatic rings. The average molecular weight is 246 g/mol. The van der Waals surface area contributed by atoms with Crippen LogP contribution in [0.1, 0.15) is 24.2 Å². The van der Waals surface area contributed by atoms with Crippen LogP contribution in [0.4, 0.5) is 4.39 Å². The summed E-state index contributed by atoms with van der Waals surface area (Å²) in [5, 5.41) is 9.38. The van der Waals surface area contributed by atoms with E-state index in [1.165, 1.54) is 0 Å². The van der Waals surface area contributed by atoms with E-state index in [-0.39, 0.29) is 11.6 Å². The predicted octanol–water partition coefficient (Wildman–Crippen LogP) is 3.98. The Labute approximate surface area is 106 Å². The molecule has 0 fully saturated rings. The molecule has 2 nitrogen and oxygen atoms in total. The van der Waals surface area contributed by atoms with Gasteiger partial charge in [0.25, 0.3) is 0 Å². The van der Waals surface area contributed by atoms with E-state index in [1.54, 1.807) is 56.3 Å². The van der Waals surface area contributed by atoms with Crippen molar-refractivity contribution >= 4 is 0 Å². The maximum atomic E-state index is 13.7. The summed E-state index contributed by atoms with van der Waals surface area (Å²) < 4.78 is 19.2. The summed E-state index contributed by atoms with van der Waals surface area (Å²) in [6, 6.07) is 12.0. The van der Waals surface area contributed by atoms with Crippen LogP contribution in [-0.2, 0) is 0 Å². The summed E-state index contributed by atoms with van der Waals surface area (Å²) in [7, 11) is 0. The van der Waals surface area contributed by atoms with E-state index in [0.29, 0.717) is 11.3 Å². The number of hydrogen-bond donors (Lipinski definition) is 1. The molecule has 1 atom stereocenters. The minimum atomic E-state index is -0.519. The summed E-state index contributed by atoms with van der Waals surface area (Å²) in [5.41, 5.74) is 1.35. The molecule has 1 unspecified atom stereocenters. The van der Waals surface area contributed by atoms with Crippen molar-refractivity contribution in [2.75, 3.05) is 0 Å². The summed E-state index contributed by atoms with van der Waals surface area (Å²) in [4.78, 5) is 0. The molecule has 0 bridgehead atoms. The number of aliphatic hydroxyl groups excluding tert-OH is 1. The monoisotopic (exact) mass is 246 g/mol. The van der Waals surface area contributed by atoms with Gasteiger partial charge in [0, 0.05) is 0 Å². The van der Waals surface area contributed by atoms with Crippen molar-refractivity contribution in [3.05, 3.63) is 59.4 Å². The van der Waals surface area contributed by atoms with Gasteiger partial charge >= 0.3 is 0 Å². The van der Waals surface area contributed by atoms with Gasteiger partial charge in [-0.2, -0.15) is 0 Å². The maximum Gasteiger partial charge on any atom is 0.168 e. The second-order valence-corrected chi connectivity index (χ2v) is 4.23. The molecule has 0 saturated heterocycles. The fourth-order valence-corrected chi connectivity index (χ4v) is 1.64. The molecule has 0 aliphatic carbocycles. The lowest BCUT2D eigenvalue weighted by atomic mass is 10.1. The van der Waals surface area contributed by atoms with E-state index in [1.807, 2.05) is 0 Å². The summed E-state index contributed by atoms with van der Waals surface area (Å²) in [5.74, 6) is 0.404. The van der Waals surface area contributed by atoms with Crippen LogP contribution in [0.3, 0.4) is 0 Å². The van der Waals surface area contributed by atoms with Gasteiger partial charge in [0.15, 0.2) is 11.6 Å². The lowest BCUT2D eigenvalue weighted by molar-refractivity contribution is 0.199. The zero-order valence-corrected chi connectivity index (χ0v) is 10.4. The minimum absolute atomic E-state index is 0.208. The maximum absolute atomic E-state index is 13.7. The average Bonchev–Trinajstić information content (AvgIpc) is 2.36. The highest BCUT2D eigenvalue weighted by Crippen LogP contribution is 2.27. The molecule has 0 aromatic heterocycles. The number of aryl methyl sites for hydroxylation is 1. The van der Waals surface area contributed by atoms with Crippen LogP contribution in [0.25, 0.3) is 0 Å². The number of rotatable bonds is 3. The molecular formula is C15H15FO2. The van der Waals surface area contributed by atoms with Gasteiger partial charge in [-0.05, 0) is 43.2 Å². The van der Waals surface area contributed by atoms with Crippen LogP contribution in [0.5, 0.6) is 11.5 Å². The van der Waals surface area contributed by atoms with E-state index in [0.717, 1.165) is 5.56 Å². The molecule has 94 valence electrons. The zero-order chi connectivity index (χ0) is 13.1. The molecule has 0 spiro atoms. The third kappa shape index (κ3) is 2.68. The van der Waals surface area contributed by atoms with Crippen molar-refractivity contribution in [1.82, 2.24) is 0 Å². The Kier molecular flexibility index (Phi) is 3.63. The fraction of sp³-hybridized carbons (Fsp3) is 0.200. The van der Waals surface area contributed by atoms with Crippen molar-refractivity contribution < 1.29 is 14.2 Å². The third-order valence-corrected chi connectivity index (χ3v) is 2.75. The normalized spacial score (nSPS) is 12.2. The molecule has 0 heterocycles. The van der Waals surface area contributed by atoms with E-state index in [2.05, 4.69) is 0 Å². The molecule has 18 heavy (non-hydrogen) atoms. The minimum Gasteiger partial charge on any atom is -0.454 e. The summed E-state index contributed by atoms with van der Waals surface area (Å²) >= 11 is 0. The molecule has 0 saturated carbocycles. The van der Waals surface area contributed by atoms with Crippen molar-refractivity contribution in [2.24, 2.45) is 0 Å². The largest absolute Gasteiger partial charge is 0.454 e. The molecule has 1 N–H and O–H groups in total. The Morgan fingerprint density at radius 3 is 2.39 bits per heavy atom. The van der Waals surface area contributed by atoms with Gasteiger partial charge in [-0.15, -0.1) is 0 Å². The summed E-state index contributed by atoms with van der Waals surface area (Å²) in [6.45, 7) is 3.38. The number of benzene rings is 2. The van der Waals surface area contributed by atoms with Crippen molar-refractivity contribution in [3.63, 3.8) is 0 Å². The van der Waals surface area contributed by atoms with Gasteiger partial charge < -0.3 is 9.84 Å². The molecule has 2 rings (SSSR count). The van der Waals surface area contributed by atoms with Gasteiger partial charge in [-0.3, -0.25) is 0 Å². The van der Waals surface area contributed by atoms with Gasteiger partial charge in [0.1, 0.15) is 5.75 Å². The second kappa shape index (κ2) is 5.19. The second-order valence-electron chi connectivity index (χ2n) is 4.23. The lowest BCUT2D eigenvalue weighted by Crippen LogP contribution is -1.93. The molecular weight excluding hydrogens is 231 g/mol. The molecule has 0 amide bonds. The Balaban J connectivity index is 2.21. The Bertz CT molecular complexity index is 533. The number of halogens is 1. The van der Waals surface area contributed by atoms with Crippen LogP contribution < -0.4 is 4.74 Å². The van der Waals surface area contributed by atoms with Crippen molar-refractivity contribution in [1.29, 1.82) is 0 Å². The highest BCUT2D eigenvalue weighted by molar-refractivity contribution is 5.36. The van der Waals surface area contributed by atoms with Crippen molar-refractivity contribution in [3.8, 4) is 11.5 Å². The molecule has 0 aliphatic rings. The van der Waals surface area contributed by atoms with Gasteiger partial charge in [0.2, 0.25) is 0 Å². The third-order valence-electron chi connectivity index (χ3n) is 2.75. The lowest BCUT2D eigenvalue weighted by Gasteiger charge is -2.09. The highest BCUT2D eigenvalue weighted by Gasteiger charge is 2.07. The molecule has 0 radical (unpaired) electrons. The molecule has 3 heteroatoms. The highest BCUT2D eigenvalue weighted by atomic mass is 19.1. The van der Waals surface area contributed by atoms with Gasteiger partial charge in [-0.1, -0.05) is 24.3 Å². The topological polar surface area (TPSA) is 29.5 Å². The van der Waals surface area contributed by atoms with E-state index < -0.39 is 6.10 Å². The predicted molar refractivity (Wildman–Crippen MR) is 68.3 cm³/mol. The smallest absolute Gasteiger partial charge is 0.168 e. The molecule has 0 aliphatic heterocycles. The SMILES string of the molecule is Cc1cccc(Oc2ccc(C(C)O)cc2)c1F. The fourth-order valence-electron chi connectivity index (χ4n) is 1.64. The van der Waals surface area contributed by atoms with Gasteiger partial charge in [0.05, 0.1) is 6.10 Å². The van der Waals surface area contributed by atoms with Crippen LogP contribution in [0, 0.1) is 12.7 Å². The van der Waals surface area contributed by atoms with E-state index in [4.69, 9.17) is 4.74 Å². The first-order chi connectivity index (χ1) is 8.58. The van der Waals surface area contributed by atoms with Gasteiger partial charge in [-0.25, -0.2) is 4.39 Å². The first kappa shape index (κ1) is 12.6. The number of aliphatic hydroxyl groups is 1. The Hall–Kier alpha value is -1.87. The quantitative estimate of drug-likeness (QED) is 0.887. The first-order valence-corrected chi connectivity index (χ1v) is 5.79. The van der Waals surface area contributed by atoms with Crippen LogP contribution in [0.2, 0.25) is 0 Å². The zero-order valence-electron chi connectivity index (χ0n) is 10.4. The molecule has 2 aromatic carbocycles. The Morgan fingerprint density at radius 1 is 1.11 bits per heavy atom. The first-order valence-electron chi connectivity index (χ1n) is 5.79. The van der Waals surface area contributed by atoms with Crippen LogP contribution in [0.15, 0.2) is 42.5 Å². The van der Waals surface area contributed by atoms with Crippen LogP contribution in [-0.4, -0.2) is 5.11 Å². The van der Waals surface area contributed by atoms with E-state index >= 15 is 0 Å². The van der Waals surface area contributed by atoms with Crippen molar-refractivity contribution in [2.45, 2.75) is 20.0 Å². The van der Waals surface area contributed by atoms with E-state index in [9.17, 15) is 9.50 Å². The van der Waals surface area contributed by atoms with Crippen LogP contribution >= 0.6 is 0 Å².